The highest BCUT2D eigenvalue weighted by Gasteiger charge is 2.34. The van der Waals surface area contributed by atoms with Gasteiger partial charge in [0.1, 0.15) is 0 Å². The van der Waals surface area contributed by atoms with Crippen molar-refractivity contribution in [3.05, 3.63) is 24.9 Å². The fourth-order valence-corrected chi connectivity index (χ4v) is 2.55. The Labute approximate surface area is 119 Å². The molecule has 110 valence electrons. The van der Waals surface area contributed by atoms with Gasteiger partial charge in [-0.1, -0.05) is 20.4 Å². The maximum atomic E-state index is 11.6. The van der Waals surface area contributed by atoms with E-state index in [4.69, 9.17) is 0 Å². The summed E-state index contributed by atoms with van der Waals surface area (Å²) in [6.07, 6.45) is 3.24. The van der Waals surface area contributed by atoms with Crippen LogP contribution < -0.4 is 15.5 Å². The van der Waals surface area contributed by atoms with Gasteiger partial charge in [0, 0.05) is 44.5 Å². The molecule has 2 N–H and O–H groups in total. The van der Waals surface area contributed by atoms with Crippen molar-refractivity contribution in [2.45, 2.75) is 32.0 Å². The van der Waals surface area contributed by atoms with Gasteiger partial charge in [0.05, 0.1) is 6.04 Å². The first-order valence-electron chi connectivity index (χ1n) is 6.93. The van der Waals surface area contributed by atoms with Gasteiger partial charge in [-0.2, -0.15) is 5.10 Å². The van der Waals surface area contributed by atoms with Crippen LogP contribution in [0.5, 0.6) is 0 Å². The van der Waals surface area contributed by atoms with Crippen LogP contribution in [0.3, 0.4) is 0 Å². The van der Waals surface area contributed by atoms with E-state index in [0.29, 0.717) is 6.04 Å². The van der Waals surface area contributed by atoms with Gasteiger partial charge in [-0.3, -0.25) is 9.48 Å². The number of nitrogens with zero attached hydrogens (tertiary/aromatic N) is 3. The highest BCUT2D eigenvalue weighted by atomic mass is 16.1. The molecule has 0 aliphatic carbocycles. The summed E-state index contributed by atoms with van der Waals surface area (Å²) >= 11 is 0. The summed E-state index contributed by atoms with van der Waals surface area (Å²) < 4.78 is 1.79. The number of aromatic nitrogens is 2. The van der Waals surface area contributed by atoms with Crippen molar-refractivity contribution in [2.24, 2.45) is 7.05 Å². The van der Waals surface area contributed by atoms with Gasteiger partial charge in [-0.15, -0.1) is 0 Å². The van der Waals surface area contributed by atoms with Crippen molar-refractivity contribution in [1.29, 1.82) is 0 Å². The number of hydrogen-bond acceptors (Lipinski definition) is 4. The first kappa shape index (κ1) is 14.6. The minimum absolute atomic E-state index is 0.0601. The van der Waals surface area contributed by atoms with E-state index in [2.05, 4.69) is 41.1 Å². The van der Waals surface area contributed by atoms with Gasteiger partial charge < -0.3 is 15.5 Å². The topological polar surface area (TPSA) is 62.2 Å². The molecule has 2 atom stereocenters. The second-order valence-corrected chi connectivity index (χ2v) is 5.50. The molecule has 20 heavy (non-hydrogen) atoms. The zero-order valence-corrected chi connectivity index (χ0v) is 12.3. The van der Waals surface area contributed by atoms with Crippen molar-refractivity contribution in [3.8, 4) is 0 Å². The maximum absolute atomic E-state index is 11.6. The minimum Gasteiger partial charge on any atom is -0.351 e. The van der Waals surface area contributed by atoms with Crippen molar-refractivity contribution in [1.82, 2.24) is 20.4 Å². The number of carbonyl (C=O) groups is 1. The molecule has 0 bridgehead atoms. The highest BCUT2D eigenvalue weighted by molar-refractivity contribution is 5.87. The molecule has 2 rings (SSSR count). The van der Waals surface area contributed by atoms with Crippen LogP contribution in [0.2, 0.25) is 0 Å². The largest absolute Gasteiger partial charge is 0.351 e. The van der Waals surface area contributed by atoms with Gasteiger partial charge in [0.15, 0.2) is 5.82 Å². The molecule has 0 unspecified atom stereocenters. The van der Waals surface area contributed by atoms with Crippen LogP contribution in [0.4, 0.5) is 5.82 Å². The highest BCUT2D eigenvalue weighted by Crippen LogP contribution is 2.18. The summed E-state index contributed by atoms with van der Waals surface area (Å²) in [5.41, 5.74) is 0. The Bertz CT molecular complexity index is 482. The third-order valence-electron chi connectivity index (χ3n) is 3.40. The van der Waals surface area contributed by atoms with Crippen LogP contribution in [-0.4, -0.2) is 46.9 Å². The molecule has 0 radical (unpaired) electrons. The summed E-state index contributed by atoms with van der Waals surface area (Å²) in [6, 6.07) is 2.63. The Morgan fingerprint density at radius 3 is 2.75 bits per heavy atom. The minimum atomic E-state index is -0.131. The first-order valence-corrected chi connectivity index (χ1v) is 6.93. The van der Waals surface area contributed by atoms with Crippen LogP contribution >= 0.6 is 0 Å². The van der Waals surface area contributed by atoms with Gasteiger partial charge in [0.25, 0.3) is 0 Å². The van der Waals surface area contributed by atoms with Crippen molar-refractivity contribution in [3.63, 3.8) is 0 Å². The standard InChI is InChI=1S/C14H23N5O/c1-5-14(20)16-12-9-19(8-11(12)15-10(2)3)13-6-7-18(4)17-13/h5-7,10-12,15H,1,8-9H2,2-4H3,(H,16,20)/t11-,12+/m1/s1. The van der Waals surface area contributed by atoms with Crippen LogP contribution in [-0.2, 0) is 11.8 Å². The van der Waals surface area contributed by atoms with Gasteiger partial charge in [-0.05, 0) is 6.08 Å². The summed E-state index contributed by atoms with van der Waals surface area (Å²) in [5, 5.41) is 10.9. The lowest BCUT2D eigenvalue weighted by molar-refractivity contribution is -0.117. The predicted octanol–water partition coefficient (Wildman–Crippen LogP) is 0.278. The molecule has 1 aromatic heterocycles. The number of carbonyl (C=O) groups excluding carboxylic acids is 1. The summed E-state index contributed by atoms with van der Waals surface area (Å²) in [5.74, 6) is 0.812. The second-order valence-electron chi connectivity index (χ2n) is 5.50. The summed E-state index contributed by atoms with van der Waals surface area (Å²) in [7, 11) is 1.90. The molecule has 1 aromatic rings. The third-order valence-corrected chi connectivity index (χ3v) is 3.40. The Morgan fingerprint density at radius 1 is 1.50 bits per heavy atom. The average Bonchev–Trinajstić information content (AvgIpc) is 2.96. The van der Waals surface area contributed by atoms with E-state index in [9.17, 15) is 4.79 Å². The average molecular weight is 277 g/mol. The summed E-state index contributed by atoms with van der Waals surface area (Å²) in [4.78, 5) is 13.7. The van der Waals surface area contributed by atoms with Crippen LogP contribution in [0.15, 0.2) is 24.9 Å². The number of hydrogen-bond donors (Lipinski definition) is 2. The van der Waals surface area contributed by atoms with Gasteiger partial charge >= 0.3 is 0 Å². The molecule has 1 aliphatic heterocycles. The molecule has 1 saturated heterocycles. The summed E-state index contributed by atoms with van der Waals surface area (Å²) in [6.45, 7) is 9.30. The lowest BCUT2D eigenvalue weighted by atomic mass is 10.1. The van der Waals surface area contributed by atoms with Crippen LogP contribution in [0.25, 0.3) is 0 Å². The molecule has 1 fully saturated rings. The normalized spacial score (nSPS) is 22.3. The zero-order valence-electron chi connectivity index (χ0n) is 12.3. The van der Waals surface area contributed by atoms with Crippen LogP contribution in [0.1, 0.15) is 13.8 Å². The SMILES string of the molecule is C=CC(=O)N[C@H]1CN(c2ccn(C)n2)C[C@H]1NC(C)C. The molecule has 2 heterocycles. The monoisotopic (exact) mass is 277 g/mol. The molecular weight excluding hydrogens is 254 g/mol. The predicted molar refractivity (Wildman–Crippen MR) is 79.6 cm³/mol. The maximum Gasteiger partial charge on any atom is 0.243 e. The Morgan fingerprint density at radius 2 is 2.20 bits per heavy atom. The Kier molecular flexibility index (Phi) is 4.44. The number of aryl methyl sites for hydroxylation is 1. The molecule has 6 heteroatoms. The molecular formula is C14H23N5O. The quantitative estimate of drug-likeness (QED) is 0.759. The van der Waals surface area contributed by atoms with E-state index in [0.717, 1.165) is 18.9 Å². The van der Waals surface area contributed by atoms with Crippen molar-refractivity contribution in [2.75, 3.05) is 18.0 Å². The van der Waals surface area contributed by atoms with Gasteiger partial charge in [0.2, 0.25) is 5.91 Å². The molecule has 0 saturated carbocycles. The van der Waals surface area contributed by atoms with E-state index in [1.165, 1.54) is 6.08 Å². The van der Waals surface area contributed by atoms with E-state index in [-0.39, 0.29) is 18.0 Å². The number of rotatable bonds is 5. The fourth-order valence-electron chi connectivity index (χ4n) is 2.55. The lowest BCUT2D eigenvalue weighted by Gasteiger charge is -2.22. The molecule has 1 amide bonds. The molecule has 0 aromatic carbocycles. The first-order chi connectivity index (χ1) is 9.49. The smallest absolute Gasteiger partial charge is 0.243 e. The Hall–Kier alpha value is -1.82. The zero-order chi connectivity index (χ0) is 14.7. The molecule has 1 aliphatic rings. The van der Waals surface area contributed by atoms with E-state index in [1.807, 2.05) is 19.3 Å². The molecule has 6 nitrogen and oxygen atoms in total. The number of anilines is 1. The second kappa shape index (κ2) is 6.09. The molecule has 0 spiro atoms. The van der Waals surface area contributed by atoms with E-state index in [1.54, 1.807) is 4.68 Å². The fraction of sp³-hybridized carbons (Fsp3) is 0.571. The lowest BCUT2D eigenvalue weighted by Crippen LogP contribution is -2.50. The van der Waals surface area contributed by atoms with E-state index < -0.39 is 0 Å². The number of amides is 1. The van der Waals surface area contributed by atoms with Crippen molar-refractivity contribution < 1.29 is 4.79 Å². The van der Waals surface area contributed by atoms with Crippen molar-refractivity contribution >= 4 is 11.7 Å². The van der Waals surface area contributed by atoms with Crippen LogP contribution in [0, 0.1) is 0 Å². The Balaban J connectivity index is 2.08. The third kappa shape index (κ3) is 3.39. The van der Waals surface area contributed by atoms with E-state index >= 15 is 0 Å². The van der Waals surface area contributed by atoms with Gasteiger partial charge in [-0.25, -0.2) is 0 Å². The number of nitrogens with one attached hydrogen (secondary N) is 2.